The Kier molecular flexibility index (Phi) is 7.10. The predicted molar refractivity (Wildman–Crippen MR) is 161 cm³/mol. The van der Waals surface area contributed by atoms with E-state index in [-0.39, 0.29) is 23.6 Å². The third-order valence-electron chi connectivity index (χ3n) is 9.30. The Labute approximate surface area is 251 Å². The number of anilines is 1. The minimum absolute atomic E-state index is 0.111. The average molecular weight is 629 g/mol. The summed E-state index contributed by atoms with van der Waals surface area (Å²) >= 11 is 3.83. The maximum Gasteiger partial charge on any atom is 0.410 e. The molecule has 2 aliphatic carbocycles. The highest BCUT2D eigenvalue weighted by atomic mass is 79.9. The Bertz CT molecular complexity index is 1300. The quantitative estimate of drug-likeness (QED) is 0.406. The van der Waals surface area contributed by atoms with Gasteiger partial charge in [0.15, 0.2) is 0 Å². The van der Waals surface area contributed by atoms with Gasteiger partial charge >= 0.3 is 12.1 Å². The molecule has 1 amide bonds. The maximum atomic E-state index is 13.1. The van der Waals surface area contributed by atoms with Crippen LogP contribution in [0.25, 0.3) is 10.9 Å². The van der Waals surface area contributed by atoms with Crippen LogP contribution in [0.1, 0.15) is 70.8 Å². The summed E-state index contributed by atoms with van der Waals surface area (Å²) in [4.78, 5) is 30.0. The molecule has 2 bridgehead atoms. The number of ether oxygens (including phenoxy) is 3. The third kappa shape index (κ3) is 5.89. The molecule has 7 rings (SSSR count). The van der Waals surface area contributed by atoms with Crippen molar-refractivity contribution in [3.05, 3.63) is 22.2 Å². The van der Waals surface area contributed by atoms with Gasteiger partial charge in [-0.25, -0.2) is 4.79 Å². The molecule has 0 N–H and O–H groups in total. The van der Waals surface area contributed by atoms with Crippen LogP contribution < -0.4 is 9.64 Å². The second-order valence-corrected chi connectivity index (χ2v) is 14.7. The van der Waals surface area contributed by atoms with Gasteiger partial charge in [0.2, 0.25) is 0 Å². The van der Waals surface area contributed by atoms with Crippen LogP contribution in [0.5, 0.6) is 6.01 Å². The standard InChI is InChI=1S/C31H42BrN5O4/c1-30(2,3)41-29(38)37-21-6-7-22(37)17-36(16-21)27-24-14-23(20-4-5-20)25(32)15-26(24)33-28(34-27)40-19-31(8-9-31)18-35-10-12-39-13-11-35/h14-15,20-22H,4-13,16-19H2,1-3H3. The number of amides is 1. The maximum absolute atomic E-state index is 13.1. The van der Waals surface area contributed by atoms with Crippen LogP contribution in [-0.4, -0.2) is 96.1 Å². The van der Waals surface area contributed by atoms with E-state index in [1.165, 1.54) is 31.2 Å². The van der Waals surface area contributed by atoms with Crippen molar-refractivity contribution in [3.63, 3.8) is 0 Å². The summed E-state index contributed by atoms with van der Waals surface area (Å²) in [6.45, 7) is 12.6. The fraction of sp³-hybridized carbons (Fsp3) is 0.710. The summed E-state index contributed by atoms with van der Waals surface area (Å²) in [6.07, 6.45) is 6.58. The Morgan fingerprint density at radius 3 is 2.41 bits per heavy atom. The fourth-order valence-electron chi connectivity index (χ4n) is 6.81. The van der Waals surface area contributed by atoms with E-state index in [1.807, 2.05) is 25.7 Å². The Morgan fingerprint density at radius 1 is 1.07 bits per heavy atom. The number of benzene rings is 1. The summed E-state index contributed by atoms with van der Waals surface area (Å²) in [7, 11) is 0. The number of halogens is 1. The van der Waals surface area contributed by atoms with E-state index in [2.05, 4.69) is 37.9 Å². The monoisotopic (exact) mass is 627 g/mol. The predicted octanol–water partition coefficient (Wildman–Crippen LogP) is 5.35. The Balaban J connectivity index is 1.15. The molecule has 0 radical (unpaired) electrons. The van der Waals surface area contributed by atoms with Crippen molar-refractivity contribution in [2.24, 2.45) is 5.41 Å². The molecule has 41 heavy (non-hydrogen) atoms. The molecule has 5 fully saturated rings. The molecule has 3 saturated heterocycles. The SMILES string of the molecule is CC(C)(C)OC(=O)N1C2CCC1CN(c1nc(OCC3(CN4CCOCC4)CC3)nc3cc(Br)c(C4CC4)cc13)C2. The molecule has 1 aromatic carbocycles. The molecular formula is C31H42BrN5O4. The van der Waals surface area contributed by atoms with Gasteiger partial charge in [-0.15, -0.1) is 0 Å². The van der Waals surface area contributed by atoms with Gasteiger partial charge in [0.1, 0.15) is 11.4 Å². The van der Waals surface area contributed by atoms with Gasteiger partial charge in [-0.1, -0.05) is 15.9 Å². The van der Waals surface area contributed by atoms with E-state index < -0.39 is 5.60 Å². The first kappa shape index (κ1) is 27.7. The van der Waals surface area contributed by atoms with Crippen molar-refractivity contribution in [1.29, 1.82) is 0 Å². The normalized spacial score (nSPS) is 26.0. The highest BCUT2D eigenvalue weighted by molar-refractivity contribution is 9.10. The first-order chi connectivity index (χ1) is 19.7. The molecule has 9 nitrogen and oxygen atoms in total. The van der Waals surface area contributed by atoms with E-state index in [9.17, 15) is 4.79 Å². The Hall–Kier alpha value is -2.17. The summed E-state index contributed by atoms with van der Waals surface area (Å²) in [6, 6.07) is 5.11. The van der Waals surface area contributed by atoms with E-state index >= 15 is 0 Å². The van der Waals surface area contributed by atoms with Crippen molar-refractivity contribution >= 4 is 38.7 Å². The van der Waals surface area contributed by atoms with Crippen molar-refractivity contribution < 1.29 is 19.0 Å². The van der Waals surface area contributed by atoms with E-state index in [0.717, 1.165) is 80.0 Å². The summed E-state index contributed by atoms with van der Waals surface area (Å²) in [5, 5.41) is 1.07. The molecule has 3 aliphatic heterocycles. The van der Waals surface area contributed by atoms with Crippen molar-refractivity contribution in [2.75, 3.05) is 57.4 Å². The molecular weight excluding hydrogens is 586 g/mol. The zero-order chi connectivity index (χ0) is 28.4. The number of aromatic nitrogens is 2. The number of nitrogens with zero attached hydrogens (tertiary/aromatic N) is 5. The van der Waals surface area contributed by atoms with Gasteiger partial charge < -0.3 is 19.1 Å². The number of hydrogen-bond donors (Lipinski definition) is 0. The fourth-order valence-corrected chi connectivity index (χ4v) is 7.46. The van der Waals surface area contributed by atoms with E-state index in [4.69, 9.17) is 24.2 Å². The molecule has 5 aliphatic rings. The average Bonchev–Trinajstić information content (AvgIpc) is 3.86. The van der Waals surface area contributed by atoms with Gasteiger partial charge in [0.25, 0.3) is 0 Å². The van der Waals surface area contributed by atoms with E-state index in [0.29, 0.717) is 18.5 Å². The molecule has 0 spiro atoms. The minimum Gasteiger partial charge on any atom is -0.463 e. The van der Waals surface area contributed by atoms with Crippen LogP contribution in [0.2, 0.25) is 0 Å². The molecule has 2 saturated carbocycles. The van der Waals surface area contributed by atoms with Crippen LogP contribution in [0.15, 0.2) is 16.6 Å². The molecule has 2 unspecified atom stereocenters. The van der Waals surface area contributed by atoms with Crippen molar-refractivity contribution in [1.82, 2.24) is 19.8 Å². The number of carbonyl (C=O) groups is 1. The van der Waals surface area contributed by atoms with Crippen molar-refractivity contribution in [3.8, 4) is 6.01 Å². The molecule has 4 heterocycles. The zero-order valence-electron chi connectivity index (χ0n) is 24.5. The number of rotatable bonds is 7. The number of morpholine rings is 1. The number of fused-ring (bicyclic) bond motifs is 3. The summed E-state index contributed by atoms with van der Waals surface area (Å²) in [5.74, 6) is 1.53. The molecule has 1 aromatic heterocycles. The van der Waals surface area contributed by atoms with Crippen LogP contribution in [0.3, 0.4) is 0 Å². The van der Waals surface area contributed by atoms with Crippen molar-refractivity contribution in [2.45, 2.75) is 82.9 Å². The number of piperazine rings is 1. The summed E-state index contributed by atoms with van der Waals surface area (Å²) < 4.78 is 18.9. The highest BCUT2D eigenvalue weighted by Crippen LogP contribution is 2.48. The minimum atomic E-state index is -0.504. The molecule has 2 aromatic rings. The highest BCUT2D eigenvalue weighted by Gasteiger charge is 2.46. The lowest BCUT2D eigenvalue weighted by molar-refractivity contribution is 0.0123. The van der Waals surface area contributed by atoms with Gasteiger partial charge in [0, 0.05) is 48.0 Å². The zero-order valence-corrected chi connectivity index (χ0v) is 26.1. The first-order valence-electron chi connectivity index (χ1n) is 15.4. The van der Waals surface area contributed by atoms with Crippen LogP contribution in [0.4, 0.5) is 10.6 Å². The Morgan fingerprint density at radius 2 is 1.78 bits per heavy atom. The lowest BCUT2D eigenvalue weighted by Crippen LogP contribution is -2.57. The van der Waals surface area contributed by atoms with Gasteiger partial charge in [-0.3, -0.25) is 9.80 Å². The number of hydrogen-bond acceptors (Lipinski definition) is 8. The second-order valence-electron chi connectivity index (χ2n) is 13.8. The number of carbonyl (C=O) groups excluding carboxylic acids is 1. The van der Waals surface area contributed by atoms with Gasteiger partial charge in [-0.05, 0) is 82.9 Å². The smallest absolute Gasteiger partial charge is 0.410 e. The topological polar surface area (TPSA) is 80.3 Å². The van der Waals surface area contributed by atoms with Crippen LogP contribution >= 0.6 is 15.9 Å². The molecule has 2 atom stereocenters. The largest absolute Gasteiger partial charge is 0.463 e. The second kappa shape index (κ2) is 10.5. The van der Waals surface area contributed by atoms with E-state index in [1.54, 1.807) is 0 Å². The van der Waals surface area contributed by atoms with Gasteiger partial charge in [0.05, 0.1) is 37.4 Å². The summed E-state index contributed by atoms with van der Waals surface area (Å²) in [5.41, 5.74) is 1.93. The third-order valence-corrected chi connectivity index (χ3v) is 9.99. The lowest BCUT2D eigenvalue weighted by atomic mass is 10.1. The molecule has 222 valence electrons. The first-order valence-corrected chi connectivity index (χ1v) is 16.2. The van der Waals surface area contributed by atoms with Crippen LogP contribution in [0, 0.1) is 5.41 Å². The molecule has 10 heteroatoms. The van der Waals surface area contributed by atoms with Crippen LogP contribution in [-0.2, 0) is 9.47 Å². The lowest BCUT2D eigenvalue weighted by Gasteiger charge is -2.42. The van der Waals surface area contributed by atoms with Gasteiger partial charge in [-0.2, -0.15) is 9.97 Å².